The molecule has 0 aromatic heterocycles. The fourth-order valence-corrected chi connectivity index (χ4v) is 3.24. The first kappa shape index (κ1) is 16.7. The number of benzene rings is 1. The van der Waals surface area contributed by atoms with Gasteiger partial charge in [0, 0.05) is 5.75 Å². The van der Waals surface area contributed by atoms with Gasteiger partial charge in [-0.25, -0.2) is 4.79 Å². The average molecular weight is 323 g/mol. The molecule has 22 heavy (non-hydrogen) atoms. The van der Waals surface area contributed by atoms with E-state index in [4.69, 9.17) is 9.47 Å². The summed E-state index contributed by atoms with van der Waals surface area (Å²) in [5, 5.41) is 11.0. The highest BCUT2D eigenvalue weighted by atomic mass is 32.2. The molecule has 5 nitrogen and oxygen atoms in total. The minimum Gasteiger partial charge on any atom is -0.504 e. The van der Waals surface area contributed by atoms with E-state index in [1.807, 2.05) is 13.0 Å². The zero-order valence-corrected chi connectivity index (χ0v) is 13.9. The summed E-state index contributed by atoms with van der Waals surface area (Å²) in [7, 11) is 0. The molecule has 1 N–H and O–H groups in total. The van der Waals surface area contributed by atoms with Gasteiger partial charge in [0.05, 0.1) is 18.8 Å². The molecular weight excluding hydrogens is 302 g/mol. The molecule has 0 unspecified atom stereocenters. The molecule has 1 aromatic rings. The van der Waals surface area contributed by atoms with Gasteiger partial charge in [-0.05, 0) is 32.4 Å². The van der Waals surface area contributed by atoms with Crippen molar-refractivity contribution in [2.75, 3.05) is 19.0 Å². The summed E-state index contributed by atoms with van der Waals surface area (Å²) in [6.45, 7) is 6.39. The summed E-state index contributed by atoms with van der Waals surface area (Å²) in [6, 6.07) is 5.30. The molecule has 0 aliphatic carbocycles. The van der Waals surface area contributed by atoms with Crippen molar-refractivity contribution in [3.8, 4) is 11.5 Å². The number of ether oxygens (including phenoxy) is 2. The number of para-hydroxylation sites is 1. The molecule has 120 valence electrons. The van der Waals surface area contributed by atoms with Crippen LogP contribution in [-0.2, 0) is 9.53 Å². The molecule has 0 amide bonds. The van der Waals surface area contributed by atoms with Gasteiger partial charge in [0.2, 0.25) is 0 Å². The number of carbonyl (C=O) groups is 1. The average Bonchev–Trinajstić information content (AvgIpc) is 2.90. The SMILES string of the molecule is CCCOc1cccc(C2=N[C@@](C)(C(=O)OCC)CS2)c1O. The quantitative estimate of drug-likeness (QED) is 0.815. The van der Waals surface area contributed by atoms with Gasteiger partial charge in [-0.1, -0.05) is 13.0 Å². The number of aliphatic imine (C=N–C) groups is 1. The van der Waals surface area contributed by atoms with Crippen LogP contribution < -0.4 is 4.74 Å². The first-order chi connectivity index (χ1) is 10.5. The molecule has 0 fully saturated rings. The summed E-state index contributed by atoms with van der Waals surface area (Å²) in [5.41, 5.74) is -0.311. The summed E-state index contributed by atoms with van der Waals surface area (Å²) >= 11 is 1.44. The highest BCUT2D eigenvalue weighted by Gasteiger charge is 2.40. The Morgan fingerprint density at radius 1 is 1.45 bits per heavy atom. The van der Waals surface area contributed by atoms with Gasteiger partial charge in [0.1, 0.15) is 5.04 Å². The normalized spacial score (nSPS) is 20.6. The maximum Gasteiger partial charge on any atom is 0.334 e. The lowest BCUT2D eigenvalue weighted by molar-refractivity contribution is -0.147. The van der Waals surface area contributed by atoms with E-state index in [9.17, 15) is 9.90 Å². The zero-order chi connectivity index (χ0) is 16.2. The second kappa shape index (κ2) is 7.05. The van der Waals surface area contributed by atoms with Crippen LogP contribution in [0, 0.1) is 0 Å². The maximum absolute atomic E-state index is 12.0. The monoisotopic (exact) mass is 323 g/mol. The number of hydrogen-bond donors (Lipinski definition) is 1. The van der Waals surface area contributed by atoms with Crippen molar-refractivity contribution in [2.24, 2.45) is 4.99 Å². The summed E-state index contributed by atoms with van der Waals surface area (Å²) in [6.07, 6.45) is 0.861. The number of carbonyl (C=O) groups excluding carboxylic acids is 1. The topological polar surface area (TPSA) is 68.1 Å². The molecule has 1 heterocycles. The molecule has 1 atom stereocenters. The van der Waals surface area contributed by atoms with Crippen LogP contribution in [0.2, 0.25) is 0 Å². The van der Waals surface area contributed by atoms with Crippen molar-refractivity contribution in [3.05, 3.63) is 23.8 Å². The number of hydrogen-bond acceptors (Lipinski definition) is 6. The lowest BCUT2D eigenvalue weighted by Crippen LogP contribution is -2.35. The van der Waals surface area contributed by atoms with Gasteiger partial charge >= 0.3 is 5.97 Å². The highest BCUT2D eigenvalue weighted by molar-refractivity contribution is 8.14. The zero-order valence-electron chi connectivity index (χ0n) is 13.1. The number of esters is 1. The lowest BCUT2D eigenvalue weighted by atomic mass is 10.1. The van der Waals surface area contributed by atoms with E-state index >= 15 is 0 Å². The van der Waals surface area contributed by atoms with Gasteiger partial charge in [0.15, 0.2) is 17.0 Å². The Balaban J connectivity index is 2.27. The van der Waals surface area contributed by atoms with Crippen molar-refractivity contribution in [2.45, 2.75) is 32.7 Å². The van der Waals surface area contributed by atoms with E-state index in [-0.39, 0.29) is 11.7 Å². The fraction of sp³-hybridized carbons (Fsp3) is 0.500. The third kappa shape index (κ3) is 3.38. The molecule has 2 rings (SSSR count). The van der Waals surface area contributed by atoms with Crippen LogP contribution >= 0.6 is 11.8 Å². The summed E-state index contributed by atoms with van der Waals surface area (Å²) < 4.78 is 10.6. The molecular formula is C16H21NO4S. The standard InChI is InChI=1S/C16H21NO4S/c1-4-9-21-12-8-6-7-11(13(12)18)14-17-16(3,10-22-14)15(19)20-5-2/h6-8,18H,4-5,9-10H2,1-3H3/t16-/m1/s1. The minimum absolute atomic E-state index is 0.0651. The van der Waals surface area contributed by atoms with E-state index < -0.39 is 5.54 Å². The predicted molar refractivity (Wildman–Crippen MR) is 87.9 cm³/mol. The molecule has 0 bridgehead atoms. The van der Waals surface area contributed by atoms with E-state index in [2.05, 4.69) is 4.99 Å². The van der Waals surface area contributed by atoms with Crippen LogP contribution in [0.15, 0.2) is 23.2 Å². The number of aromatic hydroxyl groups is 1. The Labute approximate surface area is 134 Å². The Kier molecular flexibility index (Phi) is 5.34. The van der Waals surface area contributed by atoms with E-state index in [0.29, 0.717) is 35.3 Å². The highest BCUT2D eigenvalue weighted by Crippen LogP contribution is 2.38. The summed E-state index contributed by atoms with van der Waals surface area (Å²) in [4.78, 5) is 16.5. The number of phenolic OH excluding ortho intramolecular Hbond substituents is 1. The van der Waals surface area contributed by atoms with Crippen molar-refractivity contribution in [3.63, 3.8) is 0 Å². The molecule has 0 saturated carbocycles. The van der Waals surface area contributed by atoms with Crippen molar-refractivity contribution >= 4 is 22.8 Å². The number of nitrogens with zero attached hydrogens (tertiary/aromatic N) is 1. The van der Waals surface area contributed by atoms with E-state index in [1.165, 1.54) is 11.8 Å². The second-order valence-corrected chi connectivity index (χ2v) is 6.16. The molecule has 1 aromatic carbocycles. The largest absolute Gasteiger partial charge is 0.504 e. The van der Waals surface area contributed by atoms with Crippen LogP contribution in [0.1, 0.15) is 32.8 Å². The van der Waals surface area contributed by atoms with Gasteiger partial charge in [0.25, 0.3) is 0 Å². The Bertz CT molecular complexity index is 588. The fourth-order valence-electron chi connectivity index (χ4n) is 2.05. The molecule has 6 heteroatoms. The van der Waals surface area contributed by atoms with Crippen LogP contribution in [0.5, 0.6) is 11.5 Å². The minimum atomic E-state index is -0.900. The molecule has 1 aliphatic heterocycles. The Hall–Kier alpha value is -1.69. The third-order valence-electron chi connectivity index (χ3n) is 3.24. The van der Waals surface area contributed by atoms with E-state index in [1.54, 1.807) is 26.0 Å². The smallest absolute Gasteiger partial charge is 0.334 e. The lowest BCUT2D eigenvalue weighted by Gasteiger charge is -2.16. The Morgan fingerprint density at radius 3 is 2.91 bits per heavy atom. The van der Waals surface area contributed by atoms with Crippen molar-refractivity contribution in [1.82, 2.24) is 0 Å². The van der Waals surface area contributed by atoms with Crippen LogP contribution in [0.4, 0.5) is 0 Å². The van der Waals surface area contributed by atoms with Gasteiger partial charge < -0.3 is 14.6 Å². The number of rotatable bonds is 6. The van der Waals surface area contributed by atoms with Gasteiger partial charge in [-0.15, -0.1) is 11.8 Å². The van der Waals surface area contributed by atoms with Gasteiger partial charge in [-0.2, -0.15) is 0 Å². The maximum atomic E-state index is 12.0. The van der Waals surface area contributed by atoms with E-state index in [0.717, 1.165) is 6.42 Å². The Morgan fingerprint density at radius 2 is 2.23 bits per heavy atom. The van der Waals surface area contributed by atoms with Crippen LogP contribution in [0.3, 0.4) is 0 Å². The molecule has 0 saturated heterocycles. The third-order valence-corrected chi connectivity index (χ3v) is 4.54. The van der Waals surface area contributed by atoms with Crippen molar-refractivity contribution < 1.29 is 19.4 Å². The van der Waals surface area contributed by atoms with Gasteiger partial charge in [-0.3, -0.25) is 4.99 Å². The molecule has 1 aliphatic rings. The van der Waals surface area contributed by atoms with Crippen LogP contribution in [-0.4, -0.2) is 40.6 Å². The van der Waals surface area contributed by atoms with Crippen molar-refractivity contribution in [1.29, 1.82) is 0 Å². The second-order valence-electron chi connectivity index (χ2n) is 5.20. The van der Waals surface area contributed by atoms with Crippen LogP contribution in [0.25, 0.3) is 0 Å². The summed E-state index contributed by atoms with van der Waals surface area (Å²) in [5.74, 6) is 0.666. The molecule has 0 spiro atoms. The first-order valence-electron chi connectivity index (χ1n) is 7.37. The molecule has 0 radical (unpaired) electrons. The predicted octanol–water partition coefficient (Wildman–Crippen LogP) is 3.00. The first-order valence-corrected chi connectivity index (χ1v) is 8.35. The number of thioether (sulfide) groups is 1. The number of phenols is 1.